The summed E-state index contributed by atoms with van der Waals surface area (Å²) in [6, 6.07) is 0. The zero-order chi connectivity index (χ0) is 23.9. The lowest BCUT2D eigenvalue weighted by molar-refractivity contribution is -0.149. The van der Waals surface area contributed by atoms with E-state index in [1.165, 1.54) is 116 Å². The Morgan fingerprint density at radius 2 is 0.938 bits per heavy atom. The Morgan fingerprint density at radius 1 is 0.594 bits per heavy atom. The molecule has 0 saturated heterocycles. The summed E-state index contributed by atoms with van der Waals surface area (Å²) >= 11 is 0. The van der Waals surface area contributed by atoms with Crippen LogP contribution < -0.4 is 0 Å². The topological polar surface area (TPSA) is 37.3 Å². The summed E-state index contributed by atoms with van der Waals surface area (Å²) in [6.45, 7) is 8.78. The van der Waals surface area contributed by atoms with E-state index in [4.69, 9.17) is 0 Å². The van der Waals surface area contributed by atoms with Crippen LogP contribution in [0.3, 0.4) is 0 Å². The van der Waals surface area contributed by atoms with Gasteiger partial charge in [-0.1, -0.05) is 156 Å². The molecule has 0 aromatic heterocycles. The smallest absolute Gasteiger partial charge is 0.309 e. The summed E-state index contributed by atoms with van der Waals surface area (Å²) in [4.78, 5) is 12.1. The van der Waals surface area contributed by atoms with Gasteiger partial charge in [-0.15, -0.1) is 0 Å². The lowest BCUT2D eigenvalue weighted by Gasteiger charge is -2.30. The van der Waals surface area contributed by atoms with Gasteiger partial charge in [0, 0.05) is 0 Å². The van der Waals surface area contributed by atoms with Crippen LogP contribution in [0.25, 0.3) is 0 Å². The van der Waals surface area contributed by atoms with Crippen LogP contribution in [-0.2, 0) is 4.79 Å². The summed E-state index contributed by atoms with van der Waals surface area (Å²) in [5, 5.41) is 10.00. The van der Waals surface area contributed by atoms with Crippen LogP contribution in [-0.4, -0.2) is 11.1 Å². The fraction of sp³-hybridized carbons (Fsp3) is 0.967. The third-order valence-electron chi connectivity index (χ3n) is 7.52. The molecular formula is C30H60O2. The fourth-order valence-electron chi connectivity index (χ4n) is 5.18. The van der Waals surface area contributed by atoms with Crippen molar-refractivity contribution in [3.63, 3.8) is 0 Å². The molecule has 0 bridgehead atoms. The molecule has 0 rings (SSSR count). The molecule has 2 nitrogen and oxygen atoms in total. The molecule has 0 heterocycles. The normalized spacial score (nSPS) is 14.4. The molecule has 0 aliphatic rings. The van der Waals surface area contributed by atoms with Crippen LogP contribution in [0.15, 0.2) is 0 Å². The van der Waals surface area contributed by atoms with Gasteiger partial charge in [0.05, 0.1) is 5.41 Å². The van der Waals surface area contributed by atoms with Crippen molar-refractivity contribution in [2.45, 2.75) is 175 Å². The molecule has 0 aromatic rings. The van der Waals surface area contributed by atoms with Gasteiger partial charge in [0.15, 0.2) is 0 Å². The maximum atomic E-state index is 12.1. The van der Waals surface area contributed by atoms with Gasteiger partial charge in [0.25, 0.3) is 0 Å². The van der Waals surface area contributed by atoms with Crippen LogP contribution in [0, 0.1) is 11.3 Å². The van der Waals surface area contributed by atoms with E-state index in [0.717, 1.165) is 32.1 Å². The maximum Gasteiger partial charge on any atom is 0.309 e. The molecule has 2 unspecified atom stereocenters. The summed E-state index contributed by atoms with van der Waals surface area (Å²) in [7, 11) is 0. The van der Waals surface area contributed by atoms with Crippen molar-refractivity contribution in [3.8, 4) is 0 Å². The Bertz CT molecular complexity index is 406. The van der Waals surface area contributed by atoms with Gasteiger partial charge in [0.2, 0.25) is 0 Å². The number of carbonyl (C=O) groups is 1. The molecule has 32 heavy (non-hydrogen) atoms. The van der Waals surface area contributed by atoms with E-state index in [-0.39, 0.29) is 0 Å². The largest absolute Gasteiger partial charge is 0.481 e. The molecule has 1 N–H and O–H groups in total. The molecule has 0 fully saturated rings. The molecule has 0 aliphatic carbocycles. The van der Waals surface area contributed by atoms with E-state index in [1.807, 2.05) is 6.92 Å². The zero-order valence-electron chi connectivity index (χ0n) is 22.7. The van der Waals surface area contributed by atoms with E-state index in [0.29, 0.717) is 5.92 Å². The predicted molar refractivity (Wildman–Crippen MR) is 142 cm³/mol. The highest BCUT2D eigenvalue weighted by Crippen LogP contribution is 2.36. The Kier molecular flexibility index (Phi) is 21.9. The highest BCUT2D eigenvalue weighted by Gasteiger charge is 2.34. The van der Waals surface area contributed by atoms with Crippen LogP contribution in [0.1, 0.15) is 175 Å². The van der Waals surface area contributed by atoms with Gasteiger partial charge in [-0.25, -0.2) is 0 Å². The number of rotatable bonds is 25. The van der Waals surface area contributed by atoms with Crippen molar-refractivity contribution in [2.75, 3.05) is 0 Å². The summed E-state index contributed by atoms with van der Waals surface area (Å²) < 4.78 is 0. The first-order valence-corrected chi connectivity index (χ1v) is 14.7. The van der Waals surface area contributed by atoms with Crippen molar-refractivity contribution in [1.29, 1.82) is 0 Å². The molecule has 0 spiro atoms. The third kappa shape index (κ3) is 18.0. The average Bonchev–Trinajstić information content (AvgIpc) is 2.77. The Hall–Kier alpha value is -0.530. The number of aliphatic carboxylic acids is 1. The third-order valence-corrected chi connectivity index (χ3v) is 7.52. The van der Waals surface area contributed by atoms with E-state index >= 15 is 0 Å². The second-order valence-electron chi connectivity index (χ2n) is 10.9. The Morgan fingerprint density at radius 3 is 1.31 bits per heavy atom. The molecule has 192 valence electrons. The summed E-state index contributed by atoms with van der Waals surface area (Å²) in [5.41, 5.74) is -0.527. The first-order chi connectivity index (χ1) is 15.5. The lowest BCUT2D eigenvalue weighted by Crippen LogP contribution is -2.30. The zero-order valence-corrected chi connectivity index (χ0v) is 22.7. The molecule has 2 heteroatoms. The second kappa shape index (κ2) is 22.3. The highest BCUT2D eigenvalue weighted by atomic mass is 16.4. The van der Waals surface area contributed by atoms with Crippen LogP contribution in [0.5, 0.6) is 0 Å². The van der Waals surface area contributed by atoms with Gasteiger partial charge >= 0.3 is 5.97 Å². The summed E-state index contributed by atoms with van der Waals surface area (Å²) in [6.07, 6.45) is 29.3. The minimum Gasteiger partial charge on any atom is -0.481 e. The second-order valence-corrected chi connectivity index (χ2v) is 10.9. The van der Waals surface area contributed by atoms with Crippen molar-refractivity contribution < 1.29 is 9.90 Å². The highest BCUT2D eigenvalue weighted by molar-refractivity contribution is 5.74. The fourth-order valence-corrected chi connectivity index (χ4v) is 5.18. The SMILES string of the molecule is CCCCCCCCCCCCC(CCCCCCCC)CC(C)(CCCCC)C(=O)O. The molecule has 0 amide bonds. The number of unbranched alkanes of at least 4 members (excludes halogenated alkanes) is 16. The summed E-state index contributed by atoms with van der Waals surface area (Å²) in [5.74, 6) is 0.0302. The van der Waals surface area contributed by atoms with E-state index in [1.54, 1.807) is 0 Å². The molecule has 0 aromatic carbocycles. The van der Waals surface area contributed by atoms with Crippen LogP contribution in [0.2, 0.25) is 0 Å². The van der Waals surface area contributed by atoms with Crippen LogP contribution in [0.4, 0.5) is 0 Å². The Labute approximate surface area is 202 Å². The van der Waals surface area contributed by atoms with E-state index < -0.39 is 11.4 Å². The van der Waals surface area contributed by atoms with Crippen molar-refractivity contribution in [2.24, 2.45) is 11.3 Å². The number of carboxylic acid groups (broad SMARTS) is 1. The van der Waals surface area contributed by atoms with Crippen molar-refractivity contribution >= 4 is 5.97 Å². The first-order valence-electron chi connectivity index (χ1n) is 14.7. The van der Waals surface area contributed by atoms with Crippen molar-refractivity contribution in [3.05, 3.63) is 0 Å². The lowest BCUT2D eigenvalue weighted by atomic mass is 9.74. The molecule has 0 saturated carbocycles. The van der Waals surface area contributed by atoms with E-state index in [9.17, 15) is 9.90 Å². The predicted octanol–water partition coefficient (Wildman–Crippen LogP) is 10.7. The molecular weight excluding hydrogens is 392 g/mol. The van der Waals surface area contributed by atoms with Crippen LogP contribution >= 0.6 is 0 Å². The number of carboxylic acids is 1. The molecule has 2 atom stereocenters. The first kappa shape index (κ1) is 31.5. The van der Waals surface area contributed by atoms with Gasteiger partial charge in [-0.05, 0) is 25.7 Å². The van der Waals surface area contributed by atoms with Crippen molar-refractivity contribution in [1.82, 2.24) is 0 Å². The maximum absolute atomic E-state index is 12.1. The monoisotopic (exact) mass is 452 g/mol. The van der Waals surface area contributed by atoms with Gasteiger partial charge in [-0.3, -0.25) is 4.79 Å². The van der Waals surface area contributed by atoms with Gasteiger partial charge in [0.1, 0.15) is 0 Å². The quantitative estimate of drug-likeness (QED) is 0.140. The van der Waals surface area contributed by atoms with Gasteiger partial charge < -0.3 is 5.11 Å². The number of hydrogen-bond acceptors (Lipinski definition) is 1. The average molecular weight is 453 g/mol. The standard InChI is InChI=1S/C30H60O2/c1-5-8-11-13-15-16-17-18-20-22-25-28(24-21-19-14-12-9-6-2)27-30(4,29(31)32)26-23-10-7-3/h28H,5-27H2,1-4H3,(H,31,32). The molecule has 0 radical (unpaired) electrons. The van der Waals surface area contributed by atoms with Gasteiger partial charge in [-0.2, -0.15) is 0 Å². The minimum absolute atomic E-state index is 0.527. The Balaban J connectivity index is 4.38. The van der Waals surface area contributed by atoms with E-state index in [2.05, 4.69) is 20.8 Å². The number of hydrogen-bond donors (Lipinski definition) is 1. The minimum atomic E-state index is -0.565. The molecule has 0 aliphatic heterocycles.